The fourth-order valence-electron chi connectivity index (χ4n) is 2.41. The normalized spacial score (nSPS) is 14.0. The fourth-order valence-corrected chi connectivity index (χ4v) is 2.79. The molecule has 0 radical (unpaired) electrons. The van der Waals surface area contributed by atoms with Gasteiger partial charge < -0.3 is 4.90 Å². The largest absolute Gasteiger partial charge is 0.331 e. The lowest BCUT2D eigenvalue weighted by molar-refractivity contribution is 0.0730. The van der Waals surface area contributed by atoms with Gasteiger partial charge in [0.2, 0.25) is 0 Å². The summed E-state index contributed by atoms with van der Waals surface area (Å²) in [5.74, 6) is -0.472. The van der Waals surface area contributed by atoms with Crippen molar-refractivity contribution >= 4 is 29.1 Å². The van der Waals surface area contributed by atoms with E-state index in [0.29, 0.717) is 17.1 Å². The summed E-state index contributed by atoms with van der Waals surface area (Å²) in [6.07, 6.45) is 1.92. The van der Waals surface area contributed by atoms with Crippen LogP contribution in [-0.2, 0) is 6.54 Å². The predicted octanol–water partition coefficient (Wildman–Crippen LogP) is 4.94. The number of hydrogen-bond acceptors (Lipinski definition) is 1. The Labute approximate surface area is 138 Å². The molecular formula is C17H14Cl2FNO. The smallest absolute Gasteiger partial charge is 0.255 e. The minimum absolute atomic E-state index is 0.167. The molecule has 2 nitrogen and oxygen atoms in total. The van der Waals surface area contributed by atoms with Crippen molar-refractivity contribution in [1.82, 2.24) is 4.90 Å². The summed E-state index contributed by atoms with van der Waals surface area (Å²) in [4.78, 5) is 14.5. The molecule has 0 unspecified atom stereocenters. The number of hydrogen-bond donors (Lipinski definition) is 0. The maximum absolute atomic E-state index is 13.3. The Kier molecular flexibility index (Phi) is 4.37. The fraction of sp³-hybridized carbons (Fsp3) is 0.235. The monoisotopic (exact) mass is 337 g/mol. The van der Waals surface area contributed by atoms with Crippen LogP contribution in [0.25, 0.3) is 0 Å². The van der Waals surface area contributed by atoms with Crippen LogP contribution in [0.2, 0.25) is 10.0 Å². The summed E-state index contributed by atoms with van der Waals surface area (Å²) in [5, 5.41) is 0.619. The first-order valence-electron chi connectivity index (χ1n) is 7.05. The van der Waals surface area contributed by atoms with E-state index in [0.717, 1.165) is 18.4 Å². The molecule has 1 aliphatic rings. The molecule has 3 rings (SSSR count). The minimum Gasteiger partial charge on any atom is -0.331 e. The number of rotatable bonds is 4. The van der Waals surface area contributed by atoms with E-state index in [9.17, 15) is 9.18 Å². The molecule has 1 amide bonds. The van der Waals surface area contributed by atoms with Gasteiger partial charge in [0.15, 0.2) is 0 Å². The van der Waals surface area contributed by atoms with Crippen LogP contribution in [0.3, 0.4) is 0 Å². The zero-order valence-corrected chi connectivity index (χ0v) is 13.2. The Hall–Kier alpha value is -1.58. The van der Waals surface area contributed by atoms with Crippen molar-refractivity contribution in [3.8, 4) is 0 Å². The van der Waals surface area contributed by atoms with E-state index in [1.54, 1.807) is 29.2 Å². The van der Waals surface area contributed by atoms with Gasteiger partial charge in [-0.3, -0.25) is 4.79 Å². The topological polar surface area (TPSA) is 20.3 Å². The van der Waals surface area contributed by atoms with E-state index in [4.69, 9.17) is 23.2 Å². The quantitative estimate of drug-likeness (QED) is 0.773. The third-order valence-electron chi connectivity index (χ3n) is 3.67. The molecule has 0 aliphatic heterocycles. The van der Waals surface area contributed by atoms with Crippen molar-refractivity contribution in [2.45, 2.75) is 25.4 Å². The van der Waals surface area contributed by atoms with Gasteiger partial charge in [-0.15, -0.1) is 0 Å². The molecule has 5 heteroatoms. The Morgan fingerprint density at radius 1 is 1.18 bits per heavy atom. The summed E-state index contributed by atoms with van der Waals surface area (Å²) in [6, 6.07) is 11.5. The van der Waals surface area contributed by atoms with Crippen LogP contribution in [0.15, 0.2) is 42.5 Å². The van der Waals surface area contributed by atoms with E-state index < -0.39 is 0 Å². The average molecular weight is 338 g/mol. The second kappa shape index (κ2) is 6.27. The molecule has 0 spiro atoms. The van der Waals surface area contributed by atoms with Gasteiger partial charge in [-0.1, -0.05) is 41.4 Å². The van der Waals surface area contributed by atoms with Gasteiger partial charge in [0.1, 0.15) is 5.82 Å². The average Bonchev–Trinajstić information content (AvgIpc) is 3.32. The highest BCUT2D eigenvalue weighted by molar-refractivity contribution is 6.43. The van der Waals surface area contributed by atoms with Crippen molar-refractivity contribution in [3.63, 3.8) is 0 Å². The van der Waals surface area contributed by atoms with E-state index in [2.05, 4.69) is 0 Å². The van der Waals surface area contributed by atoms with Crippen molar-refractivity contribution < 1.29 is 9.18 Å². The Morgan fingerprint density at radius 2 is 1.91 bits per heavy atom. The van der Waals surface area contributed by atoms with Crippen LogP contribution in [0.5, 0.6) is 0 Å². The summed E-state index contributed by atoms with van der Waals surface area (Å²) < 4.78 is 13.3. The predicted molar refractivity (Wildman–Crippen MR) is 85.8 cm³/mol. The van der Waals surface area contributed by atoms with E-state index in [1.165, 1.54) is 12.1 Å². The first-order chi connectivity index (χ1) is 10.6. The Bertz CT molecular complexity index is 716. The molecule has 0 atom stereocenters. The van der Waals surface area contributed by atoms with Gasteiger partial charge in [0.25, 0.3) is 5.91 Å². The molecule has 0 N–H and O–H groups in total. The van der Waals surface area contributed by atoms with Crippen LogP contribution in [0.1, 0.15) is 28.8 Å². The number of amides is 1. The van der Waals surface area contributed by atoms with Gasteiger partial charge in [-0.25, -0.2) is 4.39 Å². The standard InChI is InChI=1S/C17H14Cl2FNO/c18-15-6-2-5-14(16(15)19)17(22)21(13-7-8-13)10-11-3-1-4-12(20)9-11/h1-6,9,13H,7-8,10H2. The van der Waals surface area contributed by atoms with Gasteiger partial charge in [-0.05, 0) is 42.7 Å². The highest BCUT2D eigenvalue weighted by atomic mass is 35.5. The summed E-state index contributed by atoms with van der Waals surface area (Å²) in [6.45, 7) is 0.365. The van der Waals surface area contributed by atoms with Gasteiger partial charge in [0, 0.05) is 12.6 Å². The lowest BCUT2D eigenvalue weighted by atomic mass is 10.1. The van der Waals surface area contributed by atoms with Gasteiger partial charge in [0.05, 0.1) is 15.6 Å². The van der Waals surface area contributed by atoms with Crippen LogP contribution in [-0.4, -0.2) is 16.8 Å². The molecular weight excluding hydrogens is 324 g/mol. The van der Waals surface area contributed by atoms with Crippen LogP contribution >= 0.6 is 23.2 Å². The van der Waals surface area contributed by atoms with Crippen molar-refractivity contribution in [1.29, 1.82) is 0 Å². The highest BCUT2D eigenvalue weighted by Gasteiger charge is 2.34. The maximum atomic E-state index is 13.3. The van der Waals surface area contributed by atoms with E-state index in [-0.39, 0.29) is 22.8 Å². The SMILES string of the molecule is O=C(c1cccc(Cl)c1Cl)N(Cc1cccc(F)c1)C1CC1. The third-order valence-corrected chi connectivity index (χ3v) is 4.49. The van der Waals surface area contributed by atoms with Gasteiger partial charge >= 0.3 is 0 Å². The van der Waals surface area contributed by atoms with Crippen molar-refractivity contribution in [3.05, 3.63) is 69.5 Å². The molecule has 2 aromatic rings. The van der Waals surface area contributed by atoms with Crippen LogP contribution < -0.4 is 0 Å². The molecule has 0 heterocycles. The summed E-state index contributed by atoms with van der Waals surface area (Å²) in [7, 11) is 0. The lowest BCUT2D eigenvalue weighted by Gasteiger charge is -2.23. The van der Waals surface area contributed by atoms with Crippen molar-refractivity contribution in [2.24, 2.45) is 0 Å². The third kappa shape index (κ3) is 3.26. The zero-order chi connectivity index (χ0) is 15.7. The zero-order valence-electron chi connectivity index (χ0n) is 11.7. The van der Waals surface area contributed by atoms with Crippen LogP contribution in [0, 0.1) is 5.82 Å². The Balaban J connectivity index is 1.88. The molecule has 1 aliphatic carbocycles. The first-order valence-corrected chi connectivity index (χ1v) is 7.81. The summed E-state index contributed by atoms with van der Waals surface area (Å²) in [5.41, 5.74) is 1.15. The Morgan fingerprint density at radius 3 is 2.59 bits per heavy atom. The molecule has 114 valence electrons. The second-order valence-corrected chi connectivity index (χ2v) is 6.18. The molecule has 22 heavy (non-hydrogen) atoms. The lowest BCUT2D eigenvalue weighted by Crippen LogP contribution is -2.32. The molecule has 0 bridgehead atoms. The number of halogens is 3. The van der Waals surface area contributed by atoms with Gasteiger partial charge in [-0.2, -0.15) is 0 Å². The number of benzene rings is 2. The molecule has 1 fully saturated rings. The van der Waals surface area contributed by atoms with Crippen LogP contribution in [0.4, 0.5) is 4.39 Å². The maximum Gasteiger partial charge on any atom is 0.255 e. The van der Waals surface area contributed by atoms with Crippen molar-refractivity contribution in [2.75, 3.05) is 0 Å². The molecule has 1 saturated carbocycles. The van der Waals surface area contributed by atoms with E-state index in [1.807, 2.05) is 6.07 Å². The second-order valence-electron chi connectivity index (χ2n) is 5.40. The molecule has 2 aromatic carbocycles. The molecule has 0 saturated heterocycles. The number of nitrogens with zero attached hydrogens (tertiary/aromatic N) is 1. The highest BCUT2D eigenvalue weighted by Crippen LogP contribution is 2.33. The first kappa shape index (κ1) is 15.3. The van der Waals surface area contributed by atoms with E-state index >= 15 is 0 Å². The number of carbonyl (C=O) groups excluding carboxylic acids is 1. The minimum atomic E-state index is -0.304. The number of carbonyl (C=O) groups is 1. The summed E-state index contributed by atoms with van der Waals surface area (Å²) >= 11 is 12.1. The molecule has 0 aromatic heterocycles.